The van der Waals surface area contributed by atoms with Gasteiger partial charge >= 0.3 is 0 Å². The summed E-state index contributed by atoms with van der Waals surface area (Å²) in [5.74, 6) is -13.3. The largest absolute Gasteiger partial charge is 0.481 e. The van der Waals surface area contributed by atoms with Crippen molar-refractivity contribution in [2.75, 3.05) is 0 Å². The van der Waals surface area contributed by atoms with Crippen LogP contribution in [-0.4, -0.2) is 177 Å². The molecule has 0 saturated carbocycles. The van der Waals surface area contributed by atoms with Crippen molar-refractivity contribution < 1.29 is 158 Å². The normalized spacial score (nSPS) is 6.25. The number of carboxylic acid groups (broad SMARTS) is 16. The van der Waals surface area contributed by atoms with Crippen molar-refractivity contribution in [1.29, 1.82) is 0 Å². The molecule has 0 aromatic carbocycles. The number of hydrogen-bond acceptors (Lipinski definition) is 16. The van der Waals surface area contributed by atoms with E-state index in [4.69, 9.17) is 158 Å². The SMILES string of the molecule is CC(=O)O.CC(=O)O.CC(=O)O.CC(=O)O.CC(=O)O.CC(=O)O.CC(=O)O.CC(=O)O.CC(=O)O.CC(=O)O.CC(=O)O.CC(=O)O.CC(=O)O.CC(=O)O.CC(=O)O.CC(=O)O. The molecule has 0 aromatic heterocycles. The molecular weight excluding hydrogens is 896 g/mol. The van der Waals surface area contributed by atoms with E-state index in [1.165, 1.54) is 0 Å². The Balaban J connectivity index is -0.0000000274. The summed E-state index contributed by atoms with van der Waals surface area (Å²) in [4.78, 5) is 144. The highest BCUT2D eigenvalue weighted by Crippen LogP contribution is 1.47. The first-order valence-electron chi connectivity index (χ1n) is 14.8. The predicted octanol–water partition coefficient (Wildman–Crippen LogP) is 1.45. The number of aliphatic carboxylic acids is 16. The van der Waals surface area contributed by atoms with Gasteiger partial charge in [0.1, 0.15) is 0 Å². The quantitative estimate of drug-likeness (QED) is 0.163. The van der Waals surface area contributed by atoms with Crippen LogP contribution in [0.1, 0.15) is 111 Å². The first kappa shape index (κ1) is 106. The zero-order chi connectivity index (χ0) is 57.2. The van der Waals surface area contributed by atoms with Crippen LogP contribution in [0.25, 0.3) is 0 Å². The Morgan fingerprint density at radius 1 is 0.125 bits per heavy atom. The van der Waals surface area contributed by atoms with E-state index in [1.54, 1.807) is 0 Å². The second kappa shape index (κ2) is 100.0. The van der Waals surface area contributed by atoms with Gasteiger partial charge in [0, 0.05) is 111 Å². The molecule has 0 unspecified atom stereocenters. The lowest BCUT2D eigenvalue weighted by molar-refractivity contribution is -0.135. The molecule has 0 atom stereocenters. The van der Waals surface area contributed by atoms with E-state index in [0.717, 1.165) is 111 Å². The molecule has 32 heteroatoms. The maximum atomic E-state index is 9.00. The number of carbonyl (C=O) groups is 16. The molecule has 0 bridgehead atoms. The van der Waals surface area contributed by atoms with E-state index in [9.17, 15) is 0 Å². The smallest absolute Gasteiger partial charge is 0.300 e. The van der Waals surface area contributed by atoms with Crippen molar-refractivity contribution in [3.05, 3.63) is 0 Å². The predicted molar refractivity (Wildman–Crippen MR) is 213 cm³/mol. The second-order valence-corrected chi connectivity index (χ2v) is 8.30. The fourth-order valence-electron chi connectivity index (χ4n) is 0. The van der Waals surface area contributed by atoms with Crippen LogP contribution >= 0.6 is 0 Å². The summed E-state index contributed by atoms with van der Waals surface area (Å²) in [6, 6.07) is 0. The molecule has 0 spiro atoms. The molecular formula is C32H64O32. The molecule has 0 fully saturated rings. The number of carboxylic acids is 16. The molecule has 0 aromatic rings. The molecule has 0 aliphatic rings. The number of rotatable bonds is 0. The highest BCUT2D eigenvalue weighted by atomic mass is 16.4. The van der Waals surface area contributed by atoms with Gasteiger partial charge in [0.25, 0.3) is 95.5 Å². The summed E-state index contributed by atoms with van der Waals surface area (Å²) in [7, 11) is 0. The molecule has 0 aliphatic heterocycles. The molecule has 0 amide bonds. The summed E-state index contributed by atoms with van der Waals surface area (Å²) in [5.41, 5.74) is 0. The van der Waals surface area contributed by atoms with E-state index in [-0.39, 0.29) is 0 Å². The van der Waals surface area contributed by atoms with Crippen LogP contribution in [0, 0.1) is 0 Å². The van der Waals surface area contributed by atoms with E-state index < -0.39 is 95.5 Å². The van der Waals surface area contributed by atoms with E-state index >= 15 is 0 Å². The third-order valence-electron chi connectivity index (χ3n) is 0. The first-order valence-corrected chi connectivity index (χ1v) is 14.8. The number of hydrogen-bond donors (Lipinski definition) is 16. The van der Waals surface area contributed by atoms with Gasteiger partial charge in [-0.3, -0.25) is 76.7 Å². The zero-order valence-corrected chi connectivity index (χ0v) is 37.7. The van der Waals surface area contributed by atoms with Crippen LogP contribution in [-0.2, 0) is 76.7 Å². The Bertz CT molecular complexity index is 816. The average molecular weight is 961 g/mol. The standard InChI is InChI=1S/16C2H4O2/c16*1-2(3)4/h16*1H3,(H,3,4). The summed E-state index contributed by atoms with van der Waals surface area (Å²) in [6.45, 7) is 17.3. The van der Waals surface area contributed by atoms with Crippen LogP contribution in [0.4, 0.5) is 0 Å². The molecule has 0 rings (SSSR count). The first-order chi connectivity index (χ1) is 27.7. The molecule has 64 heavy (non-hydrogen) atoms. The summed E-state index contributed by atoms with van der Waals surface area (Å²) < 4.78 is 0. The van der Waals surface area contributed by atoms with Gasteiger partial charge in [0.15, 0.2) is 0 Å². The summed E-state index contributed by atoms with van der Waals surface area (Å²) in [6.07, 6.45) is 0. The van der Waals surface area contributed by atoms with Crippen LogP contribution in [0.3, 0.4) is 0 Å². The minimum atomic E-state index is -0.833. The highest BCUT2D eigenvalue weighted by Gasteiger charge is 1.70. The Labute approximate surface area is 364 Å². The van der Waals surface area contributed by atoms with Crippen molar-refractivity contribution in [2.45, 2.75) is 111 Å². The molecule has 16 N–H and O–H groups in total. The Kier molecular flexibility index (Phi) is 165. The molecule has 0 aliphatic carbocycles. The fraction of sp³-hybridized carbons (Fsp3) is 0.500. The molecule has 0 heterocycles. The van der Waals surface area contributed by atoms with Gasteiger partial charge in [-0.1, -0.05) is 0 Å². The van der Waals surface area contributed by atoms with Crippen molar-refractivity contribution in [3.63, 3.8) is 0 Å². The van der Waals surface area contributed by atoms with Crippen molar-refractivity contribution in [2.24, 2.45) is 0 Å². The van der Waals surface area contributed by atoms with Crippen LogP contribution < -0.4 is 0 Å². The Hall–Kier alpha value is -8.48. The minimum absolute atomic E-state index is 0.833. The molecule has 0 radical (unpaired) electrons. The van der Waals surface area contributed by atoms with Gasteiger partial charge in [0.05, 0.1) is 0 Å². The third kappa shape index (κ3) is 2050. The van der Waals surface area contributed by atoms with Gasteiger partial charge < -0.3 is 81.7 Å². The molecule has 384 valence electrons. The van der Waals surface area contributed by atoms with E-state index in [2.05, 4.69) is 0 Å². The Morgan fingerprint density at radius 3 is 0.125 bits per heavy atom. The maximum Gasteiger partial charge on any atom is 0.300 e. The summed E-state index contributed by atoms with van der Waals surface area (Å²) >= 11 is 0. The Morgan fingerprint density at radius 2 is 0.125 bits per heavy atom. The third-order valence-corrected chi connectivity index (χ3v) is 0. The molecule has 0 saturated heterocycles. The highest BCUT2D eigenvalue weighted by molar-refractivity contribution is 5.66. The van der Waals surface area contributed by atoms with Gasteiger partial charge in [-0.15, -0.1) is 0 Å². The summed E-state index contributed by atoms with van der Waals surface area (Å²) in [5, 5.41) is 119. The lowest BCUT2D eigenvalue weighted by atomic mass is 10.9. The van der Waals surface area contributed by atoms with Crippen molar-refractivity contribution >= 4 is 95.5 Å². The maximum absolute atomic E-state index is 9.00. The van der Waals surface area contributed by atoms with Crippen LogP contribution in [0.5, 0.6) is 0 Å². The van der Waals surface area contributed by atoms with E-state index in [0.29, 0.717) is 0 Å². The zero-order valence-electron chi connectivity index (χ0n) is 37.7. The van der Waals surface area contributed by atoms with Crippen LogP contribution in [0.15, 0.2) is 0 Å². The van der Waals surface area contributed by atoms with Gasteiger partial charge in [0.2, 0.25) is 0 Å². The topological polar surface area (TPSA) is 597 Å². The van der Waals surface area contributed by atoms with Gasteiger partial charge in [-0.25, -0.2) is 0 Å². The van der Waals surface area contributed by atoms with Gasteiger partial charge in [-0.05, 0) is 0 Å². The van der Waals surface area contributed by atoms with E-state index in [1.807, 2.05) is 0 Å². The fourth-order valence-corrected chi connectivity index (χ4v) is 0. The van der Waals surface area contributed by atoms with Crippen molar-refractivity contribution in [1.82, 2.24) is 0 Å². The van der Waals surface area contributed by atoms with Crippen LogP contribution in [0.2, 0.25) is 0 Å². The average Bonchev–Trinajstić information content (AvgIpc) is 2.83. The molecule has 32 nitrogen and oxygen atoms in total. The second-order valence-electron chi connectivity index (χ2n) is 8.30. The lowest BCUT2D eigenvalue weighted by Crippen LogP contribution is -1.78. The van der Waals surface area contributed by atoms with Gasteiger partial charge in [-0.2, -0.15) is 0 Å². The van der Waals surface area contributed by atoms with Crippen molar-refractivity contribution in [3.8, 4) is 0 Å². The minimum Gasteiger partial charge on any atom is -0.481 e. The lowest BCUT2D eigenvalue weighted by Gasteiger charge is -1.59. The monoisotopic (exact) mass is 960 g/mol.